The molecule has 2 heterocycles. The number of benzene rings is 1. The van der Waals surface area contributed by atoms with E-state index < -0.39 is 22.8 Å². The summed E-state index contributed by atoms with van der Waals surface area (Å²) in [5.74, 6) is -2.00. The number of halogens is 3. The van der Waals surface area contributed by atoms with Crippen molar-refractivity contribution in [2.45, 2.75) is 46.1 Å². The number of aromatic nitrogens is 2. The van der Waals surface area contributed by atoms with Crippen molar-refractivity contribution in [2.24, 2.45) is 5.41 Å². The number of aromatic amines is 1. The summed E-state index contributed by atoms with van der Waals surface area (Å²) in [6, 6.07) is 3.93. The van der Waals surface area contributed by atoms with Crippen molar-refractivity contribution < 1.29 is 23.4 Å². The van der Waals surface area contributed by atoms with Gasteiger partial charge in [0.1, 0.15) is 11.4 Å². The van der Waals surface area contributed by atoms with Gasteiger partial charge < -0.3 is 19.6 Å². The summed E-state index contributed by atoms with van der Waals surface area (Å²) in [6.45, 7) is 6.17. The number of pyridine rings is 1. The molecule has 9 heteroatoms. The number of fused-ring (bicyclic) bond motifs is 1. The molecule has 0 bridgehead atoms. The van der Waals surface area contributed by atoms with Crippen LogP contribution in [0, 0.1) is 17.0 Å². The van der Waals surface area contributed by atoms with Gasteiger partial charge in [-0.15, -0.1) is 0 Å². The highest BCUT2D eigenvalue weighted by molar-refractivity contribution is 7.80. The van der Waals surface area contributed by atoms with Crippen LogP contribution in [0.2, 0.25) is 5.02 Å². The normalized spacial score (nSPS) is 13.5. The minimum atomic E-state index is -0.838. The summed E-state index contributed by atoms with van der Waals surface area (Å²) < 4.78 is 40.7. The molecular formula is C24H27ClF2N2O3S. The predicted molar refractivity (Wildman–Crippen MR) is 129 cm³/mol. The molecule has 0 spiro atoms. The van der Waals surface area contributed by atoms with E-state index in [9.17, 15) is 13.9 Å². The smallest absolute Gasteiger partial charge is 0.198 e. The van der Waals surface area contributed by atoms with E-state index in [1.807, 2.05) is 20.8 Å². The van der Waals surface area contributed by atoms with Crippen molar-refractivity contribution in [3.05, 3.63) is 52.8 Å². The number of aliphatic hydroxyl groups is 1. The van der Waals surface area contributed by atoms with Crippen molar-refractivity contribution in [1.29, 1.82) is 0 Å². The third-order valence-corrected chi connectivity index (χ3v) is 5.96. The predicted octanol–water partition coefficient (Wildman–Crippen LogP) is 6.40. The fourth-order valence-corrected chi connectivity index (χ4v) is 3.82. The number of rotatable bonds is 11. The Bertz CT molecular complexity index is 1120. The zero-order valence-electron chi connectivity index (χ0n) is 18.8. The molecule has 0 fully saturated rings. The van der Waals surface area contributed by atoms with Gasteiger partial charge in [0.2, 0.25) is 0 Å². The van der Waals surface area contributed by atoms with Crippen LogP contribution in [0.15, 0.2) is 30.6 Å². The summed E-state index contributed by atoms with van der Waals surface area (Å²) >= 11 is 11.6. The van der Waals surface area contributed by atoms with Crippen LogP contribution >= 0.6 is 23.8 Å². The Labute approximate surface area is 202 Å². The van der Waals surface area contributed by atoms with Crippen LogP contribution in [0.5, 0.6) is 11.5 Å². The summed E-state index contributed by atoms with van der Waals surface area (Å²) in [4.78, 5) is 7.62. The second-order valence-electron chi connectivity index (χ2n) is 8.70. The number of hydrogen-bond donors (Lipinski definition) is 2. The van der Waals surface area contributed by atoms with Gasteiger partial charge in [-0.3, -0.25) is 0 Å². The Morgan fingerprint density at radius 3 is 2.64 bits per heavy atom. The van der Waals surface area contributed by atoms with Crippen LogP contribution in [-0.2, 0) is 11.2 Å². The van der Waals surface area contributed by atoms with Crippen molar-refractivity contribution in [3.63, 3.8) is 0 Å². The lowest BCUT2D eigenvalue weighted by Gasteiger charge is -2.28. The lowest BCUT2D eigenvalue weighted by molar-refractivity contribution is -0.0142. The van der Waals surface area contributed by atoms with Gasteiger partial charge in [0, 0.05) is 24.2 Å². The molecule has 0 saturated carbocycles. The molecule has 0 saturated heterocycles. The highest BCUT2D eigenvalue weighted by Gasteiger charge is 2.25. The van der Waals surface area contributed by atoms with Crippen molar-refractivity contribution in [3.8, 4) is 11.5 Å². The van der Waals surface area contributed by atoms with Crippen molar-refractivity contribution >= 4 is 39.7 Å². The number of ether oxygens (including phenoxy) is 2. The molecular weight excluding hydrogens is 470 g/mol. The Morgan fingerprint density at radius 2 is 2.00 bits per heavy atom. The quantitative estimate of drug-likeness (QED) is 0.300. The molecule has 0 amide bonds. The van der Waals surface area contributed by atoms with Gasteiger partial charge in [0.25, 0.3) is 0 Å². The van der Waals surface area contributed by atoms with Crippen LogP contribution in [0.1, 0.15) is 39.2 Å². The number of H-pyrrole nitrogens is 1. The van der Waals surface area contributed by atoms with Crippen LogP contribution in [0.4, 0.5) is 8.78 Å². The molecule has 1 aromatic carbocycles. The lowest BCUT2D eigenvalue weighted by Crippen LogP contribution is -2.30. The molecule has 3 rings (SSSR count). The van der Waals surface area contributed by atoms with Gasteiger partial charge in [0.15, 0.2) is 17.4 Å². The van der Waals surface area contributed by atoms with Gasteiger partial charge >= 0.3 is 0 Å². The maximum Gasteiger partial charge on any atom is 0.198 e. The first-order valence-electron chi connectivity index (χ1n) is 10.6. The van der Waals surface area contributed by atoms with Crippen LogP contribution in [0.3, 0.4) is 0 Å². The van der Waals surface area contributed by atoms with Gasteiger partial charge in [-0.2, -0.15) is 0 Å². The number of hydrogen-bond acceptors (Lipinski definition) is 5. The molecule has 1 atom stereocenters. The summed E-state index contributed by atoms with van der Waals surface area (Å²) in [6.07, 6.45) is 4.41. The molecule has 0 aliphatic rings. The van der Waals surface area contributed by atoms with Crippen LogP contribution in [0.25, 0.3) is 11.0 Å². The fraction of sp³-hybridized carbons (Fsp3) is 0.417. The second kappa shape index (κ2) is 10.9. The van der Waals surface area contributed by atoms with Crippen molar-refractivity contribution in [2.75, 3.05) is 13.2 Å². The Kier molecular flexibility index (Phi) is 8.39. The third-order valence-electron chi connectivity index (χ3n) is 5.31. The highest BCUT2D eigenvalue weighted by Crippen LogP contribution is 2.36. The maximum atomic E-state index is 14.8. The van der Waals surface area contributed by atoms with Gasteiger partial charge in [0.05, 0.1) is 29.7 Å². The molecule has 0 radical (unpaired) electrons. The average molecular weight is 497 g/mol. The number of aliphatic hydroxyl groups excluding tert-OH is 1. The minimum Gasteiger partial charge on any atom is -0.450 e. The van der Waals surface area contributed by atoms with Gasteiger partial charge in [-0.05, 0) is 55.3 Å². The molecule has 2 aromatic heterocycles. The summed E-state index contributed by atoms with van der Waals surface area (Å²) in [7, 11) is 0. The number of thiocarbonyl (C=S) groups is 1. The van der Waals surface area contributed by atoms with E-state index in [4.69, 9.17) is 33.3 Å². The molecule has 33 heavy (non-hydrogen) atoms. The van der Waals surface area contributed by atoms with E-state index in [0.29, 0.717) is 45.9 Å². The SMILES string of the molecule is CC(C)OCC(C)(CO)CCC(=S)Cc1cc(F)c(Oc2ccnc3[nH]cc(Cl)c23)c(F)c1. The first kappa shape index (κ1) is 25.5. The maximum absolute atomic E-state index is 14.8. The molecule has 1 unspecified atom stereocenters. The molecule has 3 aromatic rings. The fourth-order valence-electron chi connectivity index (χ4n) is 3.32. The minimum absolute atomic E-state index is 0.0366. The van der Waals surface area contributed by atoms with E-state index in [1.165, 1.54) is 30.6 Å². The summed E-state index contributed by atoms with van der Waals surface area (Å²) in [5.41, 5.74) is 0.428. The second-order valence-corrected chi connectivity index (χ2v) is 9.69. The molecule has 2 N–H and O–H groups in total. The Balaban J connectivity index is 1.68. The molecule has 178 valence electrons. The summed E-state index contributed by atoms with van der Waals surface area (Å²) in [5, 5.41) is 10.5. The van der Waals surface area contributed by atoms with Crippen LogP contribution in [-0.4, -0.2) is 39.3 Å². The first-order valence-corrected chi connectivity index (χ1v) is 11.4. The third kappa shape index (κ3) is 6.47. The monoisotopic (exact) mass is 496 g/mol. The largest absolute Gasteiger partial charge is 0.450 e. The topological polar surface area (TPSA) is 67.4 Å². The van der Waals surface area contributed by atoms with E-state index in [-0.39, 0.29) is 24.9 Å². The van der Waals surface area contributed by atoms with E-state index in [1.54, 1.807) is 0 Å². The lowest BCUT2D eigenvalue weighted by atomic mass is 9.86. The van der Waals surface area contributed by atoms with E-state index in [0.717, 1.165) is 0 Å². The number of nitrogens with zero attached hydrogens (tertiary/aromatic N) is 1. The molecule has 0 aliphatic carbocycles. The standard InChI is InChI=1S/C24H27ClF2N2O3S/c1-14(2)31-13-24(3,12-30)6-4-16(33)8-15-9-18(26)22(19(27)10-15)32-20-5-7-28-23-21(20)17(25)11-29-23/h5,7,9-11,14,30H,4,6,8,12-13H2,1-3H3,(H,28,29). The van der Waals surface area contributed by atoms with Crippen molar-refractivity contribution in [1.82, 2.24) is 9.97 Å². The average Bonchev–Trinajstić information content (AvgIpc) is 3.15. The number of nitrogens with one attached hydrogen (secondary N) is 1. The van der Waals surface area contributed by atoms with E-state index >= 15 is 0 Å². The van der Waals surface area contributed by atoms with E-state index in [2.05, 4.69) is 9.97 Å². The van der Waals surface area contributed by atoms with Crippen LogP contribution < -0.4 is 4.74 Å². The Morgan fingerprint density at radius 1 is 1.30 bits per heavy atom. The zero-order valence-corrected chi connectivity index (χ0v) is 20.3. The first-order chi connectivity index (χ1) is 15.6. The highest BCUT2D eigenvalue weighted by atomic mass is 35.5. The molecule has 5 nitrogen and oxygen atoms in total. The molecule has 0 aliphatic heterocycles. The van der Waals surface area contributed by atoms with Gasteiger partial charge in [-0.1, -0.05) is 30.7 Å². The zero-order chi connectivity index (χ0) is 24.2. The van der Waals surface area contributed by atoms with Gasteiger partial charge in [-0.25, -0.2) is 13.8 Å². The Hall–Kier alpha value is -2.13.